The number of aliphatic hydroxyl groups excluding tert-OH is 1. The number of carbonyl (C=O) groups is 1. The fraction of sp³-hybridized carbons (Fsp3) is 0.923. The van der Waals surface area contributed by atoms with Gasteiger partial charge in [-0.2, -0.15) is 0 Å². The smallest absolute Gasteiger partial charge is 0.241 e. The van der Waals surface area contributed by atoms with E-state index in [1.807, 2.05) is 4.90 Å². The van der Waals surface area contributed by atoms with Crippen LogP contribution in [0.1, 0.15) is 32.6 Å². The summed E-state index contributed by atoms with van der Waals surface area (Å²) in [5, 5.41) is 15.7. The zero-order valence-electron chi connectivity index (χ0n) is 11.2. The van der Waals surface area contributed by atoms with Gasteiger partial charge in [0.25, 0.3) is 0 Å². The quantitative estimate of drug-likeness (QED) is 0.648. The van der Waals surface area contributed by atoms with Crippen molar-refractivity contribution in [1.29, 1.82) is 0 Å². The van der Waals surface area contributed by atoms with Crippen molar-refractivity contribution >= 4 is 5.91 Å². The van der Waals surface area contributed by atoms with E-state index in [2.05, 4.69) is 17.6 Å². The Morgan fingerprint density at radius 1 is 1.33 bits per heavy atom. The average molecular weight is 255 g/mol. The van der Waals surface area contributed by atoms with Crippen molar-refractivity contribution in [3.8, 4) is 0 Å². The lowest BCUT2D eigenvalue weighted by atomic mass is 9.98. The monoisotopic (exact) mass is 255 g/mol. The van der Waals surface area contributed by atoms with E-state index >= 15 is 0 Å². The van der Waals surface area contributed by atoms with Crippen LogP contribution in [0.5, 0.6) is 0 Å². The second-order valence-electron chi connectivity index (χ2n) is 5.46. The largest absolute Gasteiger partial charge is 0.396 e. The Labute approximate surface area is 109 Å². The molecule has 0 aromatic carbocycles. The van der Waals surface area contributed by atoms with Gasteiger partial charge in [0.05, 0.1) is 6.04 Å². The second-order valence-corrected chi connectivity index (χ2v) is 5.46. The van der Waals surface area contributed by atoms with Crippen molar-refractivity contribution < 1.29 is 9.90 Å². The molecule has 2 fully saturated rings. The summed E-state index contributed by atoms with van der Waals surface area (Å²) < 4.78 is 0. The molecule has 2 aliphatic rings. The molecule has 2 rings (SSSR count). The van der Waals surface area contributed by atoms with Gasteiger partial charge < -0.3 is 20.6 Å². The van der Waals surface area contributed by atoms with Crippen LogP contribution in [-0.2, 0) is 4.79 Å². The molecule has 0 aromatic heterocycles. The summed E-state index contributed by atoms with van der Waals surface area (Å²) >= 11 is 0. The van der Waals surface area contributed by atoms with Crippen molar-refractivity contribution in [3.63, 3.8) is 0 Å². The molecule has 3 N–H and O–H groups in total. The Morgan fingerprint density at radius 3 is 2.83 bits per heavy atom. The Bertz CT molecular complexity index is 275. The van der Waals surface area contributed by atoms with Crippen LogP contribution >= 0.6 is 0 Å². The first-order valence-electron chi connectivity index (χ1n) is 7.10. The van der Waals surface area contributed by atoms with Crippen molar-refractivity contribution in [2.45, 2.75) is 50.7 Å². The highest BCUT2D eigenvalue weighted by Crippen LogP contribution is 2.20. The van der Waals surface area contributed by atoms with Crippen LogP contribution in [0.3, 0.4) is 0 Å². The molecular formula is C13H25N3O2. The summed E-state index contributed by atoms with van der Waals surface area (Å²) in [4.78, 5) is 14.5. The number of piperidine rings is 1. The van der Waals surface area contributed by atoms with Crippen LogP contribution in [0, 0.1) is 0 Å². The third-order valence-electron chi connectivity index (χ3n) is 4.01. The molecule has 0 aromatic rings. The molecule has 2 heterocycles. The fourth-order valence-electron chi connectivity index (χ4n) is 2.90. The van der Waals surface area contributed by atoms with Crippen molar-refractivity contribution in [2.75, 3.05) is 26.2 Å². The van der Waals surface area contributed by atoms with E-state index in [-0.39, 0.29) is 24.6 Å². The maximum Gasteiger partial charge on any atom is 0.241 e. The van der Waals surface area contributed by atoms with Crippen LogP contribution in [0.25, 0.3) is 0 Å². The van der Waals surface area contributed by atoms with E-state index in [1.54, 1.807) is 0 Å². The lowest BCUT2D eigenvalue weighted by molar-refractivity contribution is -0.137. The van der Waals surface area contributed by atoms with Gasteiger partial charge in [-0.3, -0.25) is 4.79 Å². The van der Waals surface area contributed by atoms with E-state index in [4.69, 9.17) is 5.11 Å². The molecular weight excluding hydrogens is 230 g/mol. The number of piperazine rings is 1. The Hall–Kier alpha value is -0.650. The summed E-state index contributed by atoms with van der Waals surface area (Å²) in [5.41, 5.74) is 0. The van der Waals surface area contributed by atoms with Crippen LogP contribution in [-0.4, -0.2) is 60.3 Å². The number of hydrogen-bond acceptors (Lipinski definition) is 4. The first-order chi connectivity index (χ1) is 8.72. The molecule has 3 unspecified atom stereocenters. The predicted octanol–water partition coefficient (Wildman–Crippen LogP) is -0.300. The maximum absolute atomic E-state index is 12.5. The average Bonchev–Trinajstić information content (AvgIpc) is 2.40. The van der Waals surface area contributed by atoms with Gasteiger partial charge in [-0.1, -0.05) is 0 Å². The lowest BCUT2D eigenvalue weighted by Crippen LogP contribution is -2.61. The highest BCUT2D eigenvalue weighted by Gasteiger charge is 2.32. The Morgan fingerprint density at radius 2 is 2.17 bits per heavy atom. The minimum absolute atomic E-state index is 0.0968. The molecule has 5 nitrogen and oxygen atoms in total. The molecule has 5 heteroatoms. The Kier molecular flexibility index (Phi) is 4.97. The van der Waals surface area contributed by atoms with E-state index in [9.17, 15) is 4.79 Å². The van der Waals surface area contributed by atoms with E-state index in [0.29, 0.717) is 19.0 Å². The fourth-order valence-corrected chi connectivity index (χ4v) is 2.90. The molecule has 2 saturated heterocycles. The summed E-state index contributed by atoms with van der Waals surface area (Å²) in [7, 11) is 0. The lowest BCUT2D eigenvalue weighted by Gasteiger charge is -2.39. The first-order valence-corrected chi connectivity index (χ1v) is 7.10. The minimum atomic E-state index is -0.0968. The summed E-state index contributed by atoms with van der Waals surface area (Å²) in [5.74, 6) is 0.201. The van der Waals surface area contributed by atoms with E-state index in [0.717, 1.165) is 25.9 Å². The maximum atomic E-state index is 12.5. The van der Waals surface area contributed by atoms with Gasteiger partial charge in [-0.15, -0.1) is 0 Å². The van der Waals surface area contributed by atoms with Gasteiger partial charge in [0, 0.05) is 38.3 Å². The molecule has 2 aliphatic heterocycles. The number of likely N-dealkylation sites (tertiary alicyclic amines) is 1. The van der Waals surface area contributed by atoms with Gasteiger partial charge in [0.15, 0.2) is 0 Å². The number of carbonyl (C=O) groups excluding carboxylic acids is 1. The molecule has 104 valence electrons. The Balaban J connectivity index is 1.93. The molecule has 1 amide bonds. The zero-order chi connectivity index (χ0) is 13.0. The minimum Gasteiger partial charge on any atom is -0.396 e. The molecule has 3 atom stereocenters. The summed E-state index contributed by atoms with van der Waals surface area (Å²) in [6.45, 7) is 4.68. The number of nitrogens with one attached hydrogen (secondary N) is 2. The molecule has 0 spiro atoms. The van der Waals surface area contributed by atoms with Crippen LogP contribution in [0.4, 0.5) is 0 Å². The van der Waals surface area contributed by atoms with Crippen LogP contribution in [0.2, 0.25) is 0 Å². The van der Waals surface area contributed by atoms with Gasteiger partial charge in [-0.05, 0) is 32.6 Å². The summed E-state index contributed by atoms with van der Waals surface area (Å²) in [6.07, 6.45) is 4.00. The number of amides is 1. The zero-order valence-corrected chi connectivity index (χ0v) is 11.2. The normalized spacial score (nSPS) is 33.4. The molecule has 0 saturated carbocycles. The SMILES string of the molecule is CC1CNC(C(=O)N2CCCCC2CCO)CN1. The summed E-state index contributed by atoms with van der Waals surface area (Å²) in [6, 6.07) is 0.571. The van der Waals surface area contributed by atoms with Gasteiger partial charge in [-0.25, -0.2) is 0 Å². The third-order valence-corrected chi connectivity index (χ3v) is 4.01. The van der Waals surface area contributed by atoms with Crippen molar-refractivity contribution in [2.24, 2.45) is 0 Å². The molecule has 0 aliphatic carbocycles. The molecule has 0 radical (unpaired) electrons. The van der Waals surface area contributed by atoms with Crippen molar-refractivity contribution in [3.05, 3.63) is 0 Å². The molecule has 18 heavy (non-hydrogen) atoms. The highest BCUT2D eigenvalue weighted by molar-refractivity contribution is 5.82. The number of hydrogen-bond donors (Lipinski definition) is 3. The first kappa shape index (κ1) is 13.8. The highest BCUT2D eigenvalue weighted by atomic mass is 16.3. The topological polar surface area (TPSA) is 64.6 Å². The van der Waals surface area contributed by atoms with Gasteiger partial charge in [0.1, 0.15) is 0 Å². The molecule has 0 bridgehead atoms. The number of aliphatic hydroxyl groups is 1. The van der Waals surface area contributed by atoms with E-state index < -0.39 is 0 Å². The predicted molar refractivity (Wildman–Crippen MR) is 70.3 cm³/mol. The van der Waals surface area contributed by atoms with Gasteiger partial charge >= 0.3 is 0 Å². The third kappa shape index (κ3) is 3.22. The van der Waals surface area contributed by atoms with Gasteiger partial charge in [0.2, 0.25) is 5.91 Å². The number of nitrogens with zero attached hydrogens (tertiary/aromatic N) is 1. The number of rotatable bonds is 3. The standard InChI is InChI=1S/C13H25N3O2/c1-10-8-15-12(9-14-10)13(18)16-6-3-2-4-11(16)5-7-17/h10-12,14-15,17H,2-9H2,1H3. The second kappa shape index (κ2) is 6.50. The van der Waals surface area contributed by atoms with Crippen LogP contribution < -0.4 is 10.6 Å². The van der Waals surface area contributed by atoms with Crippen molar-refractivity contribution in [1.82, 2.24) is 15.5 Å². The van der Waals surface area contributed by atoms with Crippen LogP contribution in [0.15, 0.2) is 0 Å². The van der Waals surface area contributed by atoms with E-state index in [1.165, 1.54) is 6.42 Å².